The van der Waals surface area contributed by atoms with Crippen LogP contribution in [0.25, 0.3) is 0 Å². The van der Waals surface area contributed by atoms with Gasteiger partial charge in [-0.25, -0.2) is 4.99 Å². The highest BCUT2D eigenvalue weighted by Gasteiger charge is 1.97. The van der Waals surface area contributed by atoms with Crippen molar-refractivity contribution in [3.8, 4) is 0 Å². The second-order valence-electron chi connectivity index (χ2n) is 2.24. The molecule has 66 valence electrons. The maximum Gasteiger partial charge on any atom is 0.119 e. The molecule has 0 heterocycles. The number of rotatable bonds is 6. The van der Waals surface area contributed by atoms with Crippen molar-refractivity contribution in [2.45, 2.75) is 12.6 Å². The molecule has 0 saturated heterocycles. The Labute approximate surface area is 73.4 Å². The SMILES string of the molecule is C=CC=NC(=C)N[C@H](N)CC=C. The number of nitrogens with one attached hydrogen (secondary N) is 1. The quantitative estimate of drug-likeness (QED) is 0.352. The highest BCUT2D eigenvalue weighted by molar-refractivity contribution is 5.71. The molecule has 0 saturated carbocycles. The van der Waals surface area contributed by atoms with E-state index in [1.165, 1.54) is 0 Å². The Kier molecular flexibility index (Phi) is 5.65. The number of nitrogens with two attached hydrogens (primary N) is 1. The second-order valence-corrected chi connectivity index (χ2v) is 2.24. The molecule has 0 aromatic heterocycles. The van der Waals surface area contributed by atoms with E-state index in [1.54, 1.807) is 18.4 Å². The highest BCUT2D eigenvalue weighted by atomic mass is 15.1. The summed E-state index contributed by atoms with van der Waals surface area (Å²) in [6.45, 7) is 10.7. The predicted octanol–water partition coefficient (Wildman–Crippen LogP) is 1.16. The van der Waals surface area contributed by atoms with Gasteiger partial charge in [-0.15, -0.1) is 6.58 Å². The van der Waals surface area contributed by atoms with E-state index in [0.717, 1.165) is 0 Å². The highest BCUT2D eigenvalue weighted by Crippen LogP contribution is 1.90. The van der Waals surface area contributed by atoms with Crippen LogP contribution in [0, 0.1) is 0 Å². The molecule has 0 bridgehead atoms. The zero-order valence-corrected chi connectivity index (χ0v) is 7.16. The first kappa shape index (κ1) is 10.7. The van der Waals surface area contributed by atoms with E-state index in [1.807, 2.05) is 0 Å². The molecule has 3 N–H and O–H groups in total. The summed E-state index contributed by atoms with van der Waals surface area (Å²) < 4.78 is 0. The summed E-state index contributed by atoms with van der Waals surface area (Å²) >= 11 is 0. The molecule has 1 atom stereocenters. The van der Waals surface area contributed by atoms with Crippen molar-refractivity contribution in [2.75, 3.05) is 0 Å². The summed E-state index contributed by atoms with van der Waals surface area (Å²) in [5.74, 6) is 0.532. The molecular weight excluding hydrogens is 150 g/mol. The molecule has 0 amide bonds. The molecule has 0 rings (SSSR count). The van der Waals surface area contributed by atoms with Crippen molar-refractivity contribution in [3.63, 3.8) is 0 Å². The Hall–Kier alpha value is -1.35. The van der Waals surface area contributed by atoms with Crippen molar-refractivity contribution in [2.24, 2.45) is 10.7 Å². The van der Waals surface area contributed by atoms with Gasteiger partial charge in [-0.1, -0.05) is 25.3 Å². The number of hydrogen-bond donors (Lipinski definition) is 2. The van der Waals surface area contributed by atoms with Crippen molar-refractivity contribution in [1.82, 2.24) is 5.32 Å². The van der Waals surface area contributed by atoms with Crippen LogP contribution in [-0.2, 0) is 0 Å². The predicted molar refractivity (Wildman–Crippen MR) is 53.8 cm³/mol. The van der Waals surface area contributed by atoms with Crippen LogP contribution >= 0.6 is 0 Å². The molecule has 0 aliphatic rings. The van der Waals surface area contributed by atoms with Crippen LogP contribution < -0.4 is 11.1 Å². The fourth-order valence-electron chi connectivity index (χ4n) is 0.632. The Balaban J connectivity index is 3.75. The van der Waals surface area contributed by atoms with E-state index in [4.69, 9.17) is 5.73 Å². The lowest BCUT2D eigenvalue weighted by Gasteiger charge is -2.11. The normalized spacial score (nSPS) is 12.4. The zero-order valence-electron chi connectivity index (χ0n) is 7.16. The summed E-state index contributed by atoms with van der Waals surface area (Å²) in [5, 5.41) is 2.88. The van der Waals surface area contributed by atoms with Gasteiger partial charge in [0, 0.05) is 6.21 Å². The van der Waals surface area contributed by atoms with E-state index < -0.39 is 0 Å². The Morgan fingerprint density at radius 3 is 2.75 bits per heavy atom. The molecule has 3 heteroatoms. The molecule has 0 aromatic carbocycles. The number of allylic oxidation sites excluding steroid dienone is 1. The van der Waals surface area contributed by atoms with Crippen LogP contribution in [0.2, 0.25) is 0 Å². The van der Waals surface area contributed by atoms with Gasteiger partial charge >= 0.3 is 0 Å². The van der Waals surface area contributed by atoms with E-state index in [-0.39, 0.29) is 6.17 Å². The van der Waals surface area contributed by atoms with Crippen molar-refractivity contribution < 1.29 is 0 Å². The van der Waals surface area contributed by atoms with Gasteiger partial charge in [-0.3, -0.25) is 0 Å². The lowest BCUT2D eigenvalue weighted by Crippen LogP contribution is -2.35. The summed E-state index contributed by atoms with van der Waals surface area (Å²) in [6.07, 6.45) is 5.38. The summed E-state index contributed by atoms with van der Waals surface area (Å²) in [6, 6.07) is 0. The number of nitrogens with zero attached hydrogens (tertiary/aromatic N) is 1. The lowest BCUT2D eigenvalue weighted by atomic mass is 10.3. The molecular formula is C9H15N3. The van der Waals surface area contributed by atoms with Gasteiger partial charge in [0.15, 0.2) is 0 Å². The van der Waals surface area contributed by atoms with Gasteiger partial charge in [0.05, 0.1) is 6.17 Å². The van der Waals surface area contributed by atoms with Crippen LogP contribution in [0.5, 0.6) is 0 Å². The third-order valence-electron chi connectivity index (χ3n) is 1.11. The second kappa shape index (κ2) is 6.37. The third kappa shape index (κ3) is 5.44. The smallest absolute Gasteiger partial charge is 0.119 e. The fraction of sp³-hybridized carbons (Fsp3) is 0.222. The van der Waals surface area contributed by atoms with Crippen LogP contribution in [0.1, 0.15) is 6.42 Å². The molecule has 0 spiro atoms. The van der Waals surface area contributed by atoms with E-state index in [9.17, 15) is 0 Å². The Morgan fingerprint density at radius 2 is 2.25 bits per heavy atom. The Bertz CT molecular complexity index is 194. The summed E-state index contributed by atoms with van der Waals surface area (Å²) in [4.78, 5) is 3.90. The molecule has 0 radical (unpaired) electrons. The van der Waals surface area contributed by atoms with Gasteiger partial charge in [0.2, 0.25) is 0 Å². The van der Waals surface area contributed by atoms with E-state index in [2.05, 4.69) is 30.0 Å². The van der Waals surface area contributed by atoms with Gasteiger partial charge in [-0.05, 0) is 6.42 Å². The van der Waals surface area contributed by atoms with Gasteiger partial charge in [-0.2, -0.15) is 0 Å². The van der Waals surface area contributed by atoms with Gasteiger partial charge in [0.25, 0.3) is 0 Å². The molecule has 0 aliphatic heterocycles. The van der Waals surface area contributed by atoms with Crippen LogP contribution in [0.4, 0.5) is 0 Å². The Morgan fingerprint density at radius 1 is 1.58 bits per heavy atom. The van der Waals surface area contributed by atoms with Crippen LogP contribution in [0.15, 0.2) is 42.7 Å². The summed E-state index contributed by atoms with van der Waals surface area (Å²) in [5.41, 5.74) is 5.61. The lowest BCUT2D eigenvalue weighted by molar-refractivity contribution is 0.593. The topological polar surface area (TPSA) is 50.4 Å². The largest absolute Gasteiger partial charge is 0.355 e. The minimum absolute atomic E-state index is 0.169. The summed E-state index contributed by atoms with van der Waals surface area (Å²) in [7, 11) is 0. The van der Waals surface area contributed by atoms with E-state index >= 15 is 0 Å². The molecule has 3 nitrogen and oxygen atoms in total. The number of aliphatic imine (C=N–C) groups is 1. The molecule has 0 unspecified atom stereocenters. The molecule has 0 fully saturated rings. The molecule has 0 aromatic rings. The first-order valence-electron chi connectivity index (χ1n) is 3.67. The maximum atomic E-state index is 5.61. The maximum absolute atomic E-state index is 5.61. The first-order valence-corrected chi connectivity index (χ1v) is 3.67. The minimum atomic E-state index is -0.169. The van der Waals surface area contributed by atoms with Crippen LogP contribution in [-0.4, -0.2) is 12.4 Å². The van der Waals surface area contributed by atoms with Crippen LogP contribution in [0.3, 0.4) is 0 Å². The number of hydrogen-bond acceptors (Lipinski definition) is 3. The third-order valence-corrected chi connectivity index (χ3v) is 1.11. The standard InChI is InChI=1S/C9H15N3/c1-4-6-9(10)12-8(3)11-7-5-2/h4-5,7,9,12H,1-3,6,10H2/t9-/m0/s1. The minimum Gasteiger partial charge on any atom is -0.355 e. The van der Waals surface area contributed by atoms with Gasteiger partial charge < -0.3 is 11.1 Å². The zero-order chi connectivity index (χ0) is 9.40. The average Bonchev–Trinajstić information content (AvgIpc) is 2.01. The van der Waals surface area contributed by atoms with E-state index in [0.29, 0.717) is 12.2 Å². The molecule has 12 heavy (non-hydrogen) atoms. The molecule has 0 aliphatic carbocycles. The monoisotopic (exact) mass is 165 g/mol. The van der Waals surface area contributed by atoms with Crippen molar-refractivity contribution in [3.05, 3.63) is 37.7 Å². The first-order chi connectivity index (χ1) is 5.70. The average molecular weight is 165 g/mol. The fourth-order valence-corrected chi connectivity index (χ4v) is 0.632. The van der Waals surface area contributed by atoms with Crippen molar-refractivity contribution >= 4 is 6.21 Å². The van der Waals surface area contributed by atoms with Gasteiger partial charge in [0.1, 0.15) is 5.82 Å². The van der Waals surface area contributed by atoms with Crippen molar-refractivity contribution in [1.29, 1.82) is 0 Å².